The van der Waals surface area contributed by atoms with Crippen LogP contribution in [0.3, 0.4) is 0 Å². The van der Waals surface area contributed by atoms with Crippen LogP contribution in [-0.4, -0.2) is 27.2 Å². The molecule has 0 bridgehead atoms. The number of nitrogens with zero attached hydrogens (tertiary/aromatic N) is 5. The highest BCUT2D eigenvalue weighted by Crippen LogP contribution is 2.36. The van der Waals surface area contributed by atoms with Gasteiger partial charge >= 0.3 is 0 Å². The maximum Gasteiger partial charge on any atom is 0.161 e. The molecule has 4 heterocycles. The van der Waals surface area contributed by atoms with E-state index in [4.69, 9.17) is 10.2 Å². The number of hydrogen-bond donors (Lipinski definition) is 0. The Hall–Kier alpha value is -3.78. The minimum absolute atomic E-state index is 0.679. The number of rotatable bonds is 3. The van der Waals surface area contributed by atoms with Crippen LogP contribution in [0.15, 0.2) is 67.1 Å². The number of hydrogen-bond acceptors (Lipinski definition) is 3. The topological polar surface area (TPSA) is 49.8 Å². The molecular formula is C27H25N5. The van der Waals surface area contributed by atoms with Gasteiger partial charge in [0.05, 0.1) is 23.0 Å². The van der Waals surface area contributed by atoms with Crippen molar-refractivity contribution >= 4 is 5.69 Å². The van der Waals surface area contributed by atoms with E-state index in [1.165, 1.54) is 29.8 Å². The molecule has 4 aromatic rings. The van der Waals surface area contributed by atoms with Crippen molar-refractivity contribution in [3.05, 3.63) is 78.2 Å². The van der Waals surface area contributed by atoms with Crippen LogP contribution in [-0.2, 0) is 6.54 Å². The lowest BCUT2D eigenvalue weighted by molar-refractivity contribution is 0.569. The van der Waals surface area contributed by atoms with Crippen molar-refractivity contribution < 1.29 is 0 Å². The Morgan fingerprint density at radius 2 is 1.97 bits per heavy atom. The van der Waals surface area contributed by atoms with Crippen LogP contribution in [0.25, 0.3) is 28.3 Å². The fourth-order valence-electron chi connectivity index (χ4n) is 5.13. The van der Waals surface area contributed by atoms with E-state index in [1.54, 1.807) is 0 Å². The Balaban J connectivity index is 1.42. The van der Waals surface area contributed by atoms with E-state index in [-0.39, 0.29) is 0 Å². The number of aromatic nitrogens is 3. The van der Waals surface area contributed by atoms with Crippen LogP contribution >= 0.6 is 0 Å². The van der Waals surface area contributed by atoms with E-state index in [0.29, 0.717) is 5.56 Å². The van der Waals surface area contributed by atoms with Gasteiger partial charge in [0.25, 0.3) is 0 Å². The summed E-state index contributed by atoms with van der Waals surface area (Å²) in [6.07, 6.45) is 8.68. The standard InChI is InChI=1S/C27H25N5/c1-2-19-9-11-30(16-19)24-7-8-25-23(13-24)18-31-17-22(21-5-3-20(15-28)4-6-21)14-26(31)27-29-10-12-32(25)27/h3-8,10,12-14,17,19H,2,9,11,16,18H2,1H3. The van der Waals surface area contributed by atoms with Crippen molar-refractivity contribution in [3.63, 3.8) is 0 Å². The summed E-state index contributed by atoms with van der Waals surface area (Å²) in [7, 11) is 0. The van der Waals surface area contributed by atoms with E-state index < -0.39 is 0 Å². The van der Waals surface area contributed by atoms with E-state index in [0.717, 1.165) is 48.2 Å². The summed E-state index contributed by atoms with van der Waals surface area (Å²) in [5.41, 5.74) is 7.88. The molecule has 158 valence electrons. The van der Waals surface area contributed by atoms with Crippen LogP contribution in [0.5, 0.6) is 0 Å². The molecule has 0 saturated carbocycles. The molecule has 1 atom stereocenters. The maximum atomic E-state index is 9.10. The molecule has 0 amide bonds. The molecule has 5 heteroatoms. The zero-order chi connectivity index (χ0) is 21.7. The predicted molar refractivity (Wildman–Crippen MR) is 127 cm³/mol. The van der Waals surface area contributed by atoms with Gasteiger partial charge in [-0.2, -0.15) is 5.26 Å². The molecule has 1 saturated heterocycles. The zero-order valence-electron chi connectivity index (χ0n) is 18.2. The summed E-state index contributed by atoms with van der Waals surface area (Å²) in [5.74, 6) is 1.77. The lowest BCUT2D eigenvalue weighted by Gasteiger charge is -2.21. The zero-order valence-corrected chi connectivity index (χ0v) is 18.2. The summed E-state index contributed by atoms with van der Waals surface area (Å²) in [6.45, 7) is 5.41. The van der Waals surface area contributed by atoms with Gasteiger partial charge in [-0.05, 0) is 59.9 Å². The Labute approximate surface area is 188 Å². The minimum Gasteiger partial charge on any atom is -0.371 e. The first kappa shape index (κ1) is 18.9. The molecule has 0 radical (unpaired) electrons. The van der Waals surface area contributed by atoms with Gasteiger partial charge in [-0.25, -0.2) is 4.98 Å². The third-order valence-corrected chi connectivity index (χ3v) is 7.01. The summed E-state index contributed by atoms with van der Waals surface area (Å²) < 4.78 is 4.51. The predicted octanol–water partition coefficient (Wildman–Crippen LogP) is 5.48. The minimum atomic E-state index is 0.679. The molecule has 2 aliphatic heterocycles. The fourth-order valence-corrected chi connectivity index (χ4v) is 5.13. The lowest BCUT2D eigenvalue weighted by atomic mass is 10.1. The molecule has 0 spiro atoms. The number of benzene rings is 2. The first-order chi connectivity index (χ1) is 15.7. The van der Waals surface area contributed by atoms with Crippen LogP contribution in [0, 0.1) is 17.2 Å². The number of imidazole rings is 1. The number of nitriles is 1. The van der Waals surface area contributed by atoms with Crippen LogP contribution in [0.2, 0.25) is 0 Å². The van der Waals surface area contributed by atoms with Crippen molar-refractivity contribution in [2.45, 2.75) is 26.3 Å². The Morgan fingerprint density at radius 3 is 2.75 bits per heavy atom. The molecular weight excluding hydrogens is 394 g/mol. The van der Waals surface area contributed by atoms with Gasteiger partial charge in [-0.1, -0.05) is 25.5 Å². The molecule has 5 nitrogen and oxygen atoms in total. The average Bonchev–Trinajstić information content (AvgIpc) is 3.57. The molecule has 6 rings (SSSR count). The second-order valence-electron chi connectivity index (χ2n) is 8.87. The molecule has 2 aliphatic rings. The second kappa shape index (κ2) is 7.42. The smallest absolute Gasteiger partial charge is 0.161 e. The highest BCUT2D eigenvalue weighted by molar-refractivity contribution is 5.72. The molecule has 0 aliphatic carbocycles. The van der Waals surface area contributed by atoms with Gasteiger partial charge in [0.2, 0.25) is 0 Å². The highest BCUT2D eigenvalue weighted by atomic mass is 15.2. The van der Waals surface area contributed by atoms with E-state index >= 15 is 0 Å². The van der Waals surface area contributed by atoms with Gasteiger partial charge in [-0.3, -0.25) is 4.57 Å². The van der Waals surface area contributed by atoms with Gasteiger partial charge in [-0.15, -0.1) is 0 Å². The molecule has 32 heavy (non-hydrogen) atoms. The quantitative estimate of drug-likeness (QED) is 0.389. The summed E-state index contributed by atoms with van der Waals surface area (Å²) in [5, 5.41) is 9.10. The number of fused-ring (bicyclic) bond motifs is 5. The summed E-state index contributed by atoms with van der Waals surface area (Å²) in [6, 6.07) is 19.1. The van der Waals surface area contributed by atoms with Gasteiger partial charge in [0.15, 0.2) is 5.82 Å². The molecule has 2 aromatic carbocycles. The Bertz CT molecular complexity index is 1340. The van der Waals surface area contributed by atoms with E-state index in [9.17, 15) is 0 Å². The van der Waals surface area contributed by atoms with E-state index in [2.05, 4.69) is 63.7 Å². The fraction of sp³-hybridized carbons (Fsp3) is 0.259. The van der Waals surface area contributed by atoms with Crippen molar-refractivity contribution in [2.75, 3.05) is 18.0 Å². The van der Waals surface area contributed by atoms with Crippen LogP contribution in [0.4, 0.5) is 5.69 Å². The van der Waals surface area contributed by atoms with Gasteiger partial charge < -0.3 is 9.47 Å². The monoisotopic (exact) mass is 419 g/mol. The normalized spacial score (nSPS) is 16.8. The molecule has 2 aromatic heterocycles. The van der Waals surface area contributed by atoms with Crippen molar-refractivity contribution in [2.24, 2.45) is 5.92 Å². The van der Waals surface area contributed by atoms with Crippen molar-refractivity contribution in [1.82, 2.24) is 14.1 Å². The van der Waals surface area contributed by atoms with Crippen molar-refractivity contribution in [1.29, 1.82) is 5.26 Å². The number of anilines is 1. The third-order valence-electron chi connectivity index (χ3n) is 7.01. The molecule has 1 fully saturated rings. The third kappa shape index (κ3) is 3.03. The first-order valence-corrected chi connectivity index (χ1v) is 11.4. The summed E-state index contributed by atoms with van der Waals surface area (Å²) >= 11 is 0. The second-order valence-corrected chi connectivity index (χ2v) is 8.87. The van der Waals surface area contributed by atoms with Gasteiger partial charge in [0.1, 0.15) is 0 Å². The SMILES string of the molecule is CCC1CCN(c2ccc3c(c2)Cn2cc(-c4ccc(C#N)cc4)cc2-c2nccn2-3)C1. The first-order valence-electron chi connectivity index (χ1n) is 11.4. The molecule has 0 N–H and O–H groups in total. The van der Waals surface area contributed by atoms with E-state index in [1.807, 2.05) is 30.5 Å². The Kier molecular flexibility index (Phi) is 4.39. The highest BCUT2D eigenvalue weighted by Gasteiger charge is 2.24. The lowest BCUT2D eigenvalue weighted by Crippen LogP contribution is -2.19. The Morgan fingerprint density at radius 1 is 1.09 bits per heavy atom. The summed E-state index contributed by atoms with van der Waals surface area (Å²) in [4.78, 5) is 7.24. The average molecular weight is 420 g/mol. The van der Waals surface area contributed by atoms with Gasteiger partial charge in [0, 0.05) is 49.5 Å². The van der Waals surface area contributed by atoms with Crippen molar-refractivity contribution in [3.8, 4) is 34.4 Å². The van der Waals surface area contributed by atoms with Crippen LogP contribution in [0.1, 0.15) is 30.9 Å². The van der Waals surface area contributed by atoms with Crippen LogP contribution < -0.4 is 4.90 Å². The maximum absolute atomic E-state index is 9.10. The molecule has 1 unspecified atom stereocenters. The largest absolute Gasteiger partial charge is 0.371 e.